The summed E-state index contributed by atoms with van der Waals surface area (Å²) in [6, 6.07) is 10.1. The lowest BCUT2D eigenvalue weighted by Crippen LogP contribution is -2.31. The molecule has 0 radical (unpaired) electrons. The molecule has 0 aliphatic carbocycles. The van der Waals surface area contributed by atoms with Crippen LogP contribution in [0.15, 0.2) is 47.4 Å². The van der Waals surface area contributed by atoms with Gasteiger partial charge in [0, 0.05) is 32.4 Å². The average Bonchev–Trinajstić information content (AvgIpc) is 2.68. The third-order valence-electron chi connectivity index (χ3n) is 3.75. The van der Waals surface area contributed by atoms with Crippen LogP contribution in [0.1, 0.15) is 16.1 Å². The number of aryl methyl sites for hydroxylation is 2. The van der Waals surface area contributed by atoms with Crippen LogP contribution in [0.4, 0.5) is 17.5 Å². The zero-order valence-corrected chi connectivity index (χ0v) is 15.5. The molecule has 3 aromatic rings. The van der Waals surface area contributed by atoms with Gasteiger partial charge in [-0.25, -0.2) is 9.67 Å². The summed E-state index contributed by atoms with van der Waals surface area (Å²) >= 11 is 0. The molecule has 0 fully saturated rings. The van der Waals surface area contributed by atoms with E-state index in [0.717, 1.165) is 10.2 Å². The molecule has 0 saturated heterocycles. The van der Waals surface area contributed by atoms with Gasteiger partial charge in [0.1, 0.15) is 17.3 Å². The number of rotatable bonds is 7. The fourth-order valence-corrected chi connectivity index (χ4v) is 2.31. The van der Waals surface area contributed by atoms with Gasteiger partial charge in [0.25, 0.3) is 11.5 Å². The van der Waals surface area contributed by atoms with E-state index >= 15 is 0 Å². The van der Waals surface area contributed by atoms with Crippen molar-refractivity contribution in [2.75, 3.05) is 23.7 Å². The van der Waals surface area contributed by atoms with Gasteiger partial charge in [0.15, 0.2) is 5.82 Å². The monoisotopic (exact) mass is 380 g/mol. The molecule has 0 aliphatic rings. The molecule has 10 heteroatoms. The lowest BCUT2D eigenvalue weighted by atomic mass is 10.3. The number of nitrogens with zero attached hydrogens (tertiary/aromatic N) is 5. The van der Waals surface area contributed by atoms with Crippen molar-refractivity contribution >= 4 is 23.4 Å². The fraction of sp³-hybridized carbons (Fsp3) is 0.222. The molecule has 0 aliphatic heterocycles. The normalized spacial score (nSPS) is 10.4. The maximum absolute atomic E-state index is 12.0. The Morgan fingerprint density at radius 3 is 2.54 bits per heavy atom. The van der Waals surface area contributed by atoms with E-state index in [2.05, 4.69) is 36.2 Å². The highest BCUT2D eigenvalue weighted by atomic mass is 16.2. The van der Waals surface area contributed by atoms with Crippen LogP contribution in [-0.2, 0) is 7.05 Å². The molecule has 28 heavy (non-hydrogen) atoms. The molecular weight excluding hydrogens is 360 g/mol. The van der Waals surface area contributed by atoms with Gasteiger partial charge >= 0.3 is 0 Å². The summed E-state index contributed by atoms with van der Waals surface area (Å²) in [5.41, 5.74) is 1.01. The Morgan fingerprint density at radius 2 is 1.82 bits per heavy atom. The number of carbonyl (C=O) groups excluding carboxylic acids is 1. The third-order valence-corrected chi connectivity index (χ3v) is 3.75. The molecule has 0 atom stereocenters. The van der Waals surface area contributed by atoms with Gasteiger partial charge in [0.2, 0.25) is 0 Å². The van der Waals surface area contributed by atoms with Gasteiger partial charge in [-0.15, -0.1) is 10.2 Å². The first-order valence-corrected chi connectivity index (χ1v) is 8.61. The molecule has 144 valence electrons. The van der Waals surface area contributed by atoms with Gasteiger partial charge in [-0.3, -0.25) is 9.59 Å². The van der Waals surface area contributed by atoms with E-state index in [0.29, 0.717) is 30.5 Å². The van der Waals surface area contributed by atoms with Gasteiger partial charge < -0.3 is 16.0 Å². The van der Waals surface area contributed by atoms with Crippen LogP contribution in [-0.4, -0.2) is 44.0 Å². The molecular formula is C18H20N8O2. The zero-order valence-electron chi connectivity index (χ0n) is 15.5. The van der Waals surface area contributed by atoms with Crippen LogP contribution in [0, 0.1) is 6.92 Å². The predicted octanol–water partition coefficient (Wildman–Crippen LogP) is 0.859. The van der Waals surface area contributed by atoms with Gasteiger partial charge in [-0.2, -0.15) is 5.10 Å². The zero-order chi connectivity index (χ0) is 19.9. The first-order valence-electron chi connectivity index (χ1n) is 8.61. The van der Waals surface area contributed by atoms with Crippen LogP contribution < -0.4 is 21.5 Å². The molecule has 1 amide bonds. The number of hydrogen-bond donors (Lipinski definition) is 3. The molecule has 10 nitrogen and oxygen atoms in total. The highest BCUT2D eigenvalue weighted by Gasteiger charge is 2.07. The van der Waals surface area contributed by atoms with Crippen molar-refractivity contribution in [3.63, 3.8) is 0 Å². The lowest BCUT2D eigenvalue weighted by Gasteiger charge is -2.08. The summed E-state index contributed by atoms with van der Waals surface area (Å²) in [5.74, 6) is 1.51. The summed E-state index contributed by atoms with van der Waals surface area (Å²) in [4.78, 5) is 27.5. The van der Waals surface area contributed by atoms with Gasteiger partial charge in [-0.1, -0.05) is 0 Å². The van der Waals surface area contributed by atoms with E-state index < -0.39 is 0 Å². The Bertz CT molecular complexity index is 1020. The fourth-order valence-electron chi connectivity index (χ4n) is 2.31. The smallest absolute Gasteiger partial charge is 0.271 e. The van der Waals surface area contributed by atoms with Crippen molar-refractivity contribution in [2.24, 2.45) is 7.05 Å². The summed E-state index contributed by atoms with van der Waals surface area (Å²) in [6.45, 7) is 2.80. The number of hydrogen-bond acceptors (Lipinski definition) is 8. The number of anilines is 3. The second-order valence-corrected chi connectivity index (χ2v) is 6.01. The second-order valence-electron chi connectivity index (χ2n) is 6.01. The number of nitrogens with one attached hydrogen (secondary N) is 3. The third kappa shape index (κ3) is 5.10. The minimum Gasteiger partial charge on any atom is -0.367 e. The summed E-state index contributed by atoms with van der Waals surface area (Å²) in [7, 11) is 1.49. The second kappa shape index (κ2) is 8.71. The Kier molecular flexibility index (Phi) is 5.90. The van der Waals surface area contributed by atoms with Crippen molar-refractivity contribution in [3.05, 3.63) is 64.2 Å². The highest BCUT2D eigenvalue weighted by Crippen LogP contribution is 2.13. The molecule has 3 aromatic heterocycles. The van der Waals surface area contributed by atoms with Gasteiger partial charge in [0.05, 0.1) is 0 Å². The largest absolute Gasteiger partial charge is 0.367 e. The molecule has 0 bridgehead atoms. The summed E-state index contributed by atoms with van der Waals surface area (Å²) in [5, 5.41) is 20.9. The van der Waals surface area contributed by atoms with E-state index in [1.54, 1.807) is 18.3 Å². The Balaban J connectivity index is 1.45. The van der Waals surface area contributed by atoms with Crippen LogP contribution in [0.5, 0.6) is 0 Å². The predicted molar refractivity (Wildman–Crippen MR) is 105 cm³/mol. The maximum Gasteiger partial charge on any atom is 0.271 e. The summed E-state index contributed by atoms with van der Waals surface area (Å²) < 4.78 is 1.12. The number of pyridine rings is 1. The van der Waals surface area contributed by atoms with Crippen molar-refractivity contribution < 1.29 is 4.79 Å². The van der Waals surface area contributed by atoms with Crippen molar-refractivity contribution in [1.82, 2.24) is 30.3 Å². The highest BCUT2D eigenvalue weighted by molar-refractivity contribution is 5.91. The van der Waals surface area contributed by atoms with E-state index in [9.17, 15) is 9.59 Å². The standard InChI is InChI=1S/C18H20N8O2/c1-12-7-8-19-16(11-12)22-15-5-4-14(23-24-15)20-9-10-21-18(28)13-3-6-17(27)26(2)25-13/h3-8,11H,9-10H2,1-2H3,(H,20,23)(H,21,28)(H,19,22,24). The molecule has 3 N–H and O–H groups in total. The minimum atomic E-state index is -0.353. The quantitative estimate of drug-likeness (QED) is 0.515. The van der Waals surface area contributed by atoms with E-state index in [4.69, 9.17) is 0 Å². The number of aromatic nitrogens is 5. The Hall–Kier alpha value is -3.82. The Labute approximate surface area is 161 Å². The van der Waals surface area contributed by atoms with Crippen LogP contribution in [0.25, 0.3) is 0 Å². The van der Waals surface area contributed by atoms with Crippen LogP contribution in [0.2, 0.25) is 0 Å². The molecule has 3 heterocycles. The van der Waals surface area contributed by atoms with Crippen LogP contribution >= 0.6 is 0 Å². The van der Waals surface area contributed by atoms with Crippen molar-refractivity contribution in [2.45, 2.75) is 6.92 Å². The van der Waals surface area contributed by atoms with E-state index in [-0.39, 0.29) is 17.2 Å². The van der Waals surface area contributed by atoms with Crippen molar-refractivity contribution in [1.29, 1.82) is 0 Å². The lowest BCUT2D eigenvalue weighted by molar-refractivity contribution is 0.0948. The van der Waals surface area contributed by atoms with Crippen molar-refractivity contribution in [3.8, 4) is 0 Å². The number of amides is 1. The molecule has 3 rings (SSSR count). The summed E-state index contributed by atoms with van der Waals surface area (Å²) in [6.07, 6.45) is 1.72. The molecule has 0 aromatic carbocycles. The average molecular weight is 380 g/mol. The molecule has 0 saturated carbocycles. The molecule has 0 unspecified atom stereocenters. The first kappa shape index (κ1) is 19.0. The maximum atomic E-state index is 12.0. The Morgan fingerprint density at radius 1 is 1.04 bits per heavy atom. The molecule has 0 spiro atoms. The van der Waals surface area contributed by atoms with E-state index in [1.165, 1.54) is 19.2 Å². The van der Waals surface area contributed by atoms with E-state index in [1.807, 2.05) is 19.1 Å². The number of carbonyl (C=O) groups is 1. The SMILES string of the molecule is Cc1ccnc(Nc2ccc(NCCNC(=O)c3ccc(=O)n(C)n3)nn2)c1. The van der Waals surface area contributed by atoms with Gasteiger partial charge in [-0.05, 0) is 42.8 Å². The first-order chi connectivity index (χ1) is 13.5. The van der Waals surface area contributed by atoms with Crippen LogP contribution in [0.3, 0.4) is 0 Å². The topological polar surface area (TPSA) is 127 Å². The minimum absolute atomic E-state index is 0.182.